The second-order valence-corrected chi connectivity index (χ2v) is 6.01. The number of piperidine rings is 1. The molecular formula is C17H25N3O2. The molecule has 5 nitrogen and oxygen atoms in total. The molecule has 0 aliphatic carbocycles. The number of amides is 1. The molecule has 3 rings (SSSR count). The first kappa shape index (κ1) is 15.2. The summed E-state index contributed by atoms with van der Waals surface area (Å²) in [5, 5.41) is 3.35. The molecule has 2 fully saturated rings. The molecule has 2 aliphatic heterocycles. The average Bonchev–Trinajstić information content (AvgIpc) is 2.62. The van der Waals surface area contributed by atoms with Crippen molar-refractivity contribution in [3.8, 4) is 5.75 Å². The minimum absolute atomic E-state index is 0.0429. The molecule has 2 heterocycles. The van der Waals surface area contributed by atoms with Crippen molar-refractivity contribution in [3.63, 3.8) is 0 Å². The second-order valence-electron chi connectivity index (χ2n) is 6.01. The molecule has 0 radical (unpaired) electrons. The molecule has 1 aromatic rings. The highest BCUT2D eigenvalue weighted by molar-refractivity contribution is 5.82. The van der Waals surface area contributed by atoms with E-state index in [1.165, 1.54) is 12.1 Å². The number of anilines is 1. The molecule has 2 saturated heterocycles. The standard InChI is InChI=1S/C17H25N3O2/c1-22-15-7-5-14(6-8-15)19-10-12-20(13-11-19)17(21)16-4-2-3-9-18-16/h5-8,16,18H,2-4,9-13H2,1H3. The number of rotatable bonds is 3. The van der Waals surface area contributed by atoms with Crippen molar-refractivity contribution in [1.29, 1.82) is 0 Å². The number of carbonyl (C=O) groups excluding carboxylic acids is 1. The Labute approximate surface area is 132 Å². The van der Waals surface area contributed by atoms with E-state index in [2.05, 4.69) is 22.3 Å². The van der Waals surface area contributed by atoms with E-state index in [9.17, 15) is 4.79 Å². The predicted octanol–water partition coefficient (Wildman–Crippen LogP) is 1.49. The van der Waals surface area contributed by atoms with Crippen LogP contribution >= 0.6 is 0 Å². The van der Waals surface area contributed by atoms with Gasteiger partial charge in [0.25, 0.3) is 0 Å². The first-order chi connectivity index (χ1) is 10.8. The molecule has 1 N–H and O–H groups in total. The van der Waals surface area contributed by atoms with Crippen LogP contribution in [0.4, 0.5) is 5.69 Å². The third kappa shape index (κ3) is 3.35. The van der Waals surface area contributed by atoms with Crippen molar-refractivity contribution in [2.75, 3.05) is 44.7 Å². The molecule has 5 heteroatoms. The highest BCUT2D eigenvalue weighted by Crippen LogP contribution is 2.21. The Morgan fingerprint density at radius 3 is 2.45 bits per heavy atom. The Balaban J connectivity index is 1.54. The number of carbonyl (C=O) groups is 1. The fourth-order valence-electron chi connectivity index (χ4n) is 3.26. The van der Waals surface area contributed by atoms with Gasteiger partial charge in [-0.2, -0.15) is 0 Å². The molecule has 0 saturated carbocycles. The van der Waals surface area contributed by atoms with Crippen molar-refractivity contribution >= 4 is 11.6 Å². The van der Waals surface area contributed by atoms with Gasteiger partial charge in [0, 0.05) is 31.9 Å². The summed E-state index contributed by atoms with van der Waals surface area (Å²) in [5.74, 6) is 1.16. The third-order valence-corrected chi connectivity index (χ3v) is 4.64. The molecule has 1 aromatic carbocycles. The monoisotopic (exact) mass is 303 g/mol. The van der Waals surface area contributed by atoms with E-state index in [1.54, 1.807) is 7.11 Å². The first-order valence-corrected chi connectivity index (χ1v) is 8.19. The Bertz CT molecular complexity index is 489. The van der Waals surface area contributed by atoms with Crippen molar-refractivity contribution in [2.45, 2.75) is 25.3 Å². The Hall–Kier alpha value is -1.75. The topological polar surface area (TPSA) is 44.8 Å². The normalized spacial score (nSPS) is 22.5. The second kappa shape index (κ2) is 7.01. The Kier molecular flexibility index (Phi) is 4.83. The summed E-state index contributed by atoms with van der Waals surface area (Å²) < 4.78 is 5.19. The van der Waals surface area contributed by atoms with Gasteiger partial charge < -0.3 is 19.9 Å². The van der Waals surface area contributed by atoms with Gasteiger partial charge >= 0.3 is 0 Å². The number of hydrogen-bond donors (Lipinski definition) is 1. The van der Waals surface area contributed by atoms with E-state index >= 15 is 0 Å². The maximum Gasteiger partial charge on any atom is 0.239 e. The van der Waals surface area contributed by atoms with Crippen LogP contribution in [0, 0.1) is 0 Å². The van der Waals surface area contributed by atoms with Gasteiger partial charge in [0.05, 0.1) is 13.2 Å². The van der Waals surface area contributed by atoms with Crippen LogP contribution in [-0.2, 0) is 4.79 Å². The SMILES string of the molecule is COc1ccc(N2CCN(C(=O)C3CCCCN3)CC2)cc1. The van der Waals surface area contributed by atoms with E-state index in [1.807, 2.05) is 17.0 Å². The van der Waals surface area contributed by atoms with Crippen LogP contribution in [0.2, 0.25) is 0 Å². The number of hydrogen-bond acceptors (Lipinski definition) is 4. The number of piperazine rings is 1. The summed E-state index contributed by atoms with van der Waals surface area (Å²) in [6.45, 7) is 4.38. The summed E-state index contributed by atoms with van der Waals surface area (Å²) >= 11 is 0. The maximum absolute atomic E-state index is 12.5. The molecule has 0 aromatic heterocycles. The lowest BCUT2D eigenvalue weighted by molar-refractivity contribution is -0.134. The van der Waals surface area contributed by atoms with Gasteiger partial charge in [-0.15, -0.1) is 0 Å². The first-order valence-electron chi connectivity index (χ1n) is 8.19. The van der Waals surface area contributed by atoms with Crippen molar-refractivity contribution in [3.05, 3.63) is 24.3 Å². The Morgan fingerprint density at radius 1 is 1.14 bits per heavy atom. The quantitative estimate of drug-likeness (QED) is 0.919. The molecule has 1 amide bonds. The number of benzene rings is 1. The molecule has 2 aliphatic rings. The van der Waals surface area contributed by atoms with Crippen molar-refractivity contribution in [1.82, 2.24) is 10.2 Å². The van der Waals surface area contributed by atoms with E-state index in [0.29, 0.717) is 0 Å². The van der Waals surface area contributed by atoms with Crippen LogP contribution in [0.25, 0.3) is 0 Å². The number of ether oxygens (including phenoxy) is 1. The molecule has 1 atom stereocenters. The van der Waals surface area contributed by atoms with E-state index < -0.39 is 0 Å². The average molecular weight is 303 g/mol. The minimum Gasteiger partial charge on any atom is -0.497 e. The van der Waals surface area contributed by atoms with Gasteiger partial charge in [-0.1, -0.05) is 6.42 Å². The highest BCUT2D eigenvalue weighted by Gasteiger charge is 2.28. The fourth-order valence-corrected chi connectivity index (χ4v) is 3.26. The summed E-state index contributed by atoms with van der Waals surface area (Å²) in [7, 11) is 1.68. The minimum atomic E-state index is 0.0429. The Morgan fingerprint density at radius 2 is 1.86 bits per heavy atom. The summed E-state index contributed by atoms with van der Waals surface area (Å²) in [6.07, 6.45) is 3.34. The van der Waals surface area contributed by atoms with Crippen LogP contribution in [0.3, 0.4) is 0 Å². The van der Waals surface area contributed by atoms with E-state index in [4.69, 9.17) is 4.74 Å². The molecular weight excluding hydrogens is 278 g/mol. The van der Waals surface area contributed by atoms with E-state index in [0.717, 1.165) is 51.3 Å². The van der Waals surface area contributed by atoms with E-state index in [-0.39, 0.29) is 11.9 Å². The largest absolute Gasteiger partial charge is 0.497 e. The number of nitrogens with zero attached hydrogens (tertiary/aromatic N) is 2. The van der Waals surface area contributed by atoms with Crippen LogP contribution in [0.5, 0.6) is 5.75 Å². The lowest BCUT2D eigenvalue weighted by Crippen LogP contribution is -2.55. The lowest BCUT2D eigenvalue weighted by Gasteiger charge is -2.38. The zero-order valence-corrected chi connectivity index (χ0v) is 13.3. The zero-order valence-electron chi connectivity index (χ0n) is 13.3. The van der Waals surface area contributed by atoms with Gasteiger partial charge in [-0.05, 0) is 43.7 Å². The lowest BCUT2D eigenvalue weighted by atomic mass is 10.0. The molecule has 0 spiro atoms. The molecule has 1 unspecified atom stereocenters. The predicted molar refractivity (Wildman–Crippen MR) is 87.4 cm³/mol. The highest BCUT2D eigenvalue weighted by atomic mass is 16.5. The smallest absolute Gasteiger partial charge is 0.239 e. The van der Waals surface area contributed by atoms with Crippen LogP contribution in [0.15, 0.2) is 24.3 Å². The van der Waals surface area contributed by atoms with Gasteiger partial charge in [-0.3, -0.25) is 4.79 Å². The van der Waals surface area contributed by atoms with Gasteiger partial charge in [-0.25, -0.2) is 0 Å². The maximum atomic E-state index is 12.5. The third-order valence-electron chi connectivity index (χ3n) is 4.64. The fraction of sp³-hybridized carbons (Fsp3) is 0.588. The molecule has 22 heavy (non-hydrogen) atoms. The number of methoxy groups -OCH3 is 1. The van der Waals surface area contributed by atoms with Crippen molar-refractivity contribution < 1.29 is 9.53 Å². The summed E-state index contributed by atoms with van der Waals surface area (Å²) in [4.78, 5) is 16.9. The number of nitrogens with one attached hydrogen (secondary N) is 1. The van der Waals surface area contributed by atoms with Crippen LogP contribution in [0.1, 0.15) is 19.3 Å². The summed E-state index contributed by atoms with van der Waals surface area (Å²) in [5.41, 5.74) is 1.20. The van der Waals surface area contributed by atoms with Crippen LogP contribution < -0.4 is 15.0 Å². The van der Waals surface area contributed by atoms with Crippen LogP contribution in [-0.4, -0.2) is 56.7 Å². The molecule has 120 valence electrons. The van der Waals surface area contributed by atoms with Gasteiger partial charge in [0.2, 0.25) is 5.91 Å². The summed E-state index contributed by atoms with van der Waals surface area (Å²) in [6, 6.07) is 8.18. The van der Waals surface area contributed by atoms with Gasteiger partial charge in [0.15, 0.2) is 0 Å². The van der Waals surface area contributed by atoms with Gasteiger partial charge in [0.1, 0.15) is 5.75 Å². The molecule has 0 bridgehead atoms. The van der Waals surface area contributed by atoms with Crippen molar-refractivity contribution in [2.24, 2.45) is 0 Å². The zero-order chi connectivity index (χ0) is 15.4.